The first-order chi connectivity index (χ1) is 13.0. The Bertz CT molecular complexity index is 766. The molecule has 3 N–H and O–H groups in total. The van der Waals surface area contributed by atoms with E-state index in [1.807, 2.05) is 52.7 Å². The number of carbonyl (C=O) groups excluding carboxylic acids is 1. The van der Waals surface area contributed by atoms with Gasteiger partial charge in [0.25, 0.3) is 0 Å². The molecule has 1 fully saturated rings. The Morgan fingerprint density at radius 1 is 1.22 bits per heavy atom. The maximum atomic E-state index is 12.3. The van der Waals surface area contributed by atoms with Crippen LogP contribution >= 0.6 is 11.3 Å². The Balaban J connectivity index is 1.65. The Labute approximate surface area is 162 Å². The lowest BCUT2D eigenvalue weighted by molar-refractivity contribution is -0.164. The molecule has 0 bridgehead atoms. The minimum Gasteiger partial charge on any atom is -0.481 e. The van der Waals surface area contributed by atoms with Crippen molar-refractivity contribution in [3.63, 3.8) is 0 Å². The molecule has 0 saturated carbocycles. The van der Waals surface area contributed by atoms with Crippen molar-refractivity contribution in [3.05, 3.63) is 58.3 Å². The quantitative estimate of drug-likeness (QED) is 0.672. The molecule has 0 radical (unpaired) electrons. The van der Waals surface area contributed by atoms with Gasteiger partial charge in [0.2, 0.25) is 5.91 Å². The lowest BCUT2D eigenvalue weighted by atomic mass is 9.73. The van der Waals surface area contributed by atoms with E-state index in [2.05, 4.69) is 5.32 Å². The number of benzene rings is 1. The number of aliphatic carboxylic acids is 1. The summed E-state index contributed by atoms with van der Waals surface area (Å²) in [4.78, 5) is 27.3. The van der Waals surface area contributed by atoms with Crippen molar-refractivity contribution < 1.29 is 19.8 Å². The van der Waals surface area contributed by atoms with Gasteiger partial charge in [-0.15, -0.1) is 11.3 Å². The van der Waals surface area contributed by atoms with Crippen LogP contribution in [0.1, 0.15) is 16.9 Å². The number of carboxylic acids is 1. The van der Waals surface area contributed by atoms with Crippen molar-refractivity contribution in [1.29, 1.82) is 0 Å². The van der Waals surface area contributed by atoms with E-state index in [0.717, 1.165) is 10.4 Å². The molecule has 1 aliphatic rings. The second-order valence-corrected chi connectivity index (χ2v) is 8.03. The number of nitrogens with one attached hydrogen (secondary N) is 1. The number of piperidine rings is 1. The maximum Gasteiger partial charge on any atom is 0.313 e. The Hall–Kier alpha value is -2.22. The highest BCUT2D eigenvalue weighted by molar-refractivity contribution is 7.09. The molecule has 1 aromatic heterocycles. The second kappa shape index (κ2) is 8.65. The Morgan fingerprint density at radius 3 is 2.67 bits per heavy atom. The fourth-order valence-electron chi connectivity index (χ4n) is 3.58. The van der Waals surface area contributed by atoms with E-state index in [1.165, 1.54) is 0 Å². The highest BCUT2D eigenvalue weighted by atomic mass is 32.1. The molecule has 2 aromatic rings. The molecular weight excluding hydrogens is 364 g/mol. The highest BCUT2D eigenvalue weighted by Crippen LogP contribution is 2.34. The molecular formula is C20H24N2O4S. The topological polar surface area (TPSA) is 89.9 Å². The molecule has 2 atom stereocenters. The van der Waals surface area contributed by atoms with Gasteiger partial charge in [-0.1, -0.05) is 36.4 Å². The third kappa shape index (κ3) is 4.74. The summed E-state index contributed by atoms with van der Waals surface area (Å²) < 4.78 is 0. The minimum absolute atomic E-state index is 0.127. The lowest BCUT2D eigenvalue weighted by Crippen LogP contribution is -2.58. The summed E-state index contributed by atoms with van der Waals surface area (Å²) in [6, 6.07) is 13.2. The normalized spacial score (nSPS) is 23.1. The lowest BCUT2D eigenvalue weighted by Gasteiger charge is -2.43. The number of carboxylic acid groups (broad SMARTS) is 1. The third-order valence-electron chi connectivity index (χ3n) is 5.06. The second-order valence-electron chi connectivity index (χ2n) is 6.99. The number of nitrogens with zero attached hydrogens (tertiary/aromatic N) is 1. The van der Waals surface area contributed by atoms with Gasteiger partial charge in [0.05, 0.1) is 19.2 Å². The largest absolute Gasteiger partial charge is 0.481 e. The molecule has 1 aromatic carbocycles. The van der Waals surface area contributed by atoms with E-state index in [9.17, 15) is 19.8 Å². The van der Waals surface area contributed by atoms with Crippen LogP contribution in [0.15, 0.2) is 47.8 Å². The number of aliphatic hydroxyl groups excluding tert-OH is 1. The molecule has 1 saturated heterocycles. The van der Waals surface area contributed by atoms with Crippen LogP contribution in [0, 0.1) is 5.41 Å². The molecule has 6 nitrogen and oxygen atoms in total. The summed E-state index contributed by atoms with van der Waals surface area (Å²) in [5, 5.41) is 25.3. The number of aliphatic hydroxyl groups is 1. The Kier molecular flexibility index (Phi) is 6.26. The van der Waals surface area contributed by atoms with E-state index in [1.54, 1.807) is 11.3 Å². The molecule has 27 heavy (non-hydrogen) atoms. The van der Waals surface area contributed by atoms with E-state index in [4.69, 9.17) is 0 Å². The van der Waals surface area contributed by atoms with E-state index < -0.39 is 17.5 Å². The van der Waals surface area contributed by atoms with Crippen molar-refractivity contribution in [1.82, 2.24) is 10.2 Å². The average Bonchev–Trinajstić information content (AvgIpc) is 3.17. The summed E-state index contributed by atoms with van der Waals surface area (Å²) in [5.41, 5.74) is -0.448. The first-order valence-electron chi connectivity index (χ1n) is 8.96. The van der Waals surface area contributed by atoms with Crippen LogP contribution in [0.4, 0.5) is 0 Å². The van der Waals surface area contributed by atoms with Crippen molar-refractivity contribution in [2.24, 2.45) is 5.41 Å². The standard InChI is InChI=1S/C20H24N2O4S/c23-17-8-9-22(13-18(24)21-12-16-7-4-10-27-16)14-20(17,19(25)26)11-15-5-2-1-3-6-15/h1-7,10,17,23H,8-9,11-14H2,(H,21,24)(H,25,26)/t17-,20-/m0/s1. The molecule has 0 spiro atoms. The van der Waals surface area contributed by atoms with Crippen LogP contribution in [-0.2, 0) is 22.6 Å². The zero-order valence-corrected chi connectivity index (χ0v) is 15.8. The van der Waals surface area contributed by atoms with Gasteiger partial charge in [-0.3, -0.25) is 14.5 Å². The van der Waals surface area contributed by atoms with Gasteiger partial charge in [0.1, 0.15) is 5.41 Å². The third-order valence-corrected chi connectivity index (χ3v) is 5.93. The molecule has 1 amide bonds. The van der Waals surface area contributed by atoms with Gasteiger partial charge in [0.15, 0.2) is 0 Å². The summed E-state index contributed by atoms with van der Waals surface area (Å²) in [7, 11) is 0. The van der Waals surface area contributed by atoms with Gasteiger partial charge in [-0.2, -0.15) is 0 Å². The molecule has 3 rings (SSSR count). The molecule has 0 unspecified atom stereocenters. The monoisotopic (exact) mass is 388 g/mol. The van der Waals surface area contributed by atoms with E-state index in [-0.39, 0.29) is 25.4 Å². The SMILES string of the molecule is O=C(CN1CC[C@H](O)[C@@](Cc2ccccc2)(C(=O)O)C1)NCc1cccs1. The predicted molar refractivity (Wildman–Crippen MR) is 103 cm³/mol. The van der Waals surface area contributed by atoms with Crippen LogP contribution in [-0.4, -0.2) is 52.7 Å². The summed E-state index contributed by atoms with van der Waals surface area (Å²) in [6.45, 7) is 1.24. The average molecular weight is 388 g/mol. The minimum atomic E-state index is -1.31. The number of likely N-dealkylation sites (tertiary alicyclic amines) is 1. The van der Waals surface area contributed by atoms with Crippen molar-refractivity contribution >= 4 is 23.2 Å². The van der Waals surface area contributed by atoms with E-state index >= 15 is 0 Å². The number of amides is 1. The van der Waals surface area contributed by atoms with Gasteiger partial charge >= 0.3 is 5.97 Å². The fraction of sp³-hybridized carbons (Fsp3) is 0.400. The van der Waals surface area contributed by atoms with Gasteiger partial charge in [-0.05, 0) is 29.9 Å². The number of hydrogen-bond acceptors (Lipinski definition) is 5. The van der Waals surface area contributed by atoms with Crippen molar-refractivity contribution in [2.75, 3.05) is 19.6 Å². The molecule has 144 valence electrons. The van der Waals surface area contributed by atoms with Gasteiger partial charge in [0, 0.05) is 18.0 Å². The number of hydrogen-bond donors (Lipinski definition) is 3. The van der Waals surface area contributed by atoms with Crippen LogP contribution in [0.5, 0.6) is 0 Å². The maximum absolute atomic E-state index is 12.3. The molecule has 0 aliphatic carbocycles. The zero-order chi connectivity index (χ0) is 19.3. The van der Waals surface area contributed by atoms with Crippen LogP contribution in [0.3, 0.4) is 0 Å². The first kappa shape index (κ1) is 19.5. The summed E-state index contributed by atoms with van der Waals surface area (Å²) in [6.07, 6.45) is -0.379. The number of thiophene rings is 1. The zero-order valence-electron chi connectivity index (χ0n) is 15.0. The van der Waals surface area contributed by atoms with Crippen molar-refractivity contribution in [2.45, 2.75) is 25.5 Å². The highest BCUT2D eigenvalue weighted by Gasteiger charge is 2.49. The van der Waals surface area contributed by atoms with Crippen LogP contribution < -0.4 is 5.32 Å². The molecule has 7 heteroatoms. The number of carbonyl (C=O) groups is 2. The number of rotatable bonds is 7. The molecule has 1 aliphatic heterocycles. The van der Waals surface area contributed by atoms with Crippen molar-refractivity contribution in [3.8, 4) is 0 Å². The summed E-state index contributed by atoms with van der Waals surface area (Å²) >= 11 is 1.58. The van der Waals surface area contributed by atoms with E-state index in [0.29, 0.717) is 19.5 Å². The van der Waals surface area contributed by atoms with Crippen LogP contribution in [0.25, 0.3) is 0 Å². The first-order valence-corrected chi connectivity index (χ1v) is 9.84. The van der Waals surface area contributed by atoms with Gasteiger partial charge < -0.3 is 15.5 Å². The Morgan fingerprint density at radius 2 is 2.00 bits per heavy atom. The smallest absolute Gasteiger partial charge is 0.313 e. The molecule has 2 heterocycles. The van der Waals surface area contributed by atoms with Gasteiger partial charge in [-0.25, -0.2) is 0 Å². The fourth-order valence-corrected chi connectivity index (χ4v) is 4.22. The summed E-state index contributed by atoms with van der Waals surface area (Å²) in [5.74, 6) is -1.17. The predicted octanol–water partition coefficient (Wildman–Crippen LogP) is 1.74. The van der Waals surface area contributed by atoms with Crippen LogP contribution in [0.2, 0.25) is 0 Å².